The van der Waals surface area contributed by atoms with Crippen LogP contribution in [0, 0.1) is 13.8 Å². The Morgan fingerprint density at radius 1 is 0.867 bits per heavy atom. The smallest absolute Gasteiger partial charge is 0.287 e. The van der Waals surface area contributed by atoms with Crippen LogP contribution in [-0.2, 0) is 0 Å². The van der Waals surface area contributed by atoms with E-state index >= 15 is 0 Å². The molecule has 0 saturated heterocycles. The second kappa shape index (κ2) is 8.36. The molecule has 0 bridgehead atoms. The van der Waals surface area contributed by atoms with Gasteiger partial charge in [0.25, 0.3) is 11.8 Å². The first kappa shape index (κ1) is 19.6. The van der Waals surface area contributed by atoms with Gasteiger partial charge in [0.05, 0.1) is 6.04 Å². The van der Waals surface area contributed by atoms with Crippen LogP contribution >= 0.6 is 0 Å². The molecule has 1 aromatic carbocycles. The van der Waals surface area contributed by atoms with Crippen LogP contribution in [0.4, 0.5) is 0 Å². The van der Waals surface area contributed by atoms with E-state index in [4.69, 9.17) is 18.3 Å². The molecule has 8 nitrogen and oxygen atoms in total. The first-order chi connectivity index (χ1) is 14.5. The number of hydrogen-bond acceptors (Lipinski definition) is 6. The van der Waals surface area contributed by atoms with Crippen LogP contribution in [0.25, 0.3) is 0 Å². The van der Waals surface area contributed by atoms with Crippen molar-refractivity contribution in [3.05, 3.63) is 71.1 Å². The highest BCUT2D eigenvalue weighted by molar-refractivity contribution is 5.92. The molecule has 1 atom stereocenters. The molecule has 2 amide bonds. The minimum absolute atomic E-state index is 0.143. The van der Waals surface area contributed by atoms with E-state index in [0.717, 1.165) is 5.56 Å². The second-order valence-corrected chi connectivity index (χ2v) is 6.96. The number of aryl methyl sites for hydroxylation is 2. The lowest BCUT2D eigenvalue weighted by Crippen LogP contribution is -2.37. The van der Waals surface area contributed by atoms with Gasteiger partial charge in [-0.25, -0.2) is 0 Å². The maximum absolute atomic E-state index is 12.7. The number of rotatable bonds is 6. The Bertz CT molecular complexity index is 1070. The van der Waals surface area contributed by atoms with Crippen LogP contribution in [0.3, 0.4) is 0 Å². The summed E-state index contributed by atoms with van der Waals surface area (Å²) in [5.41, 5.74) is 0.756. The minimum atomic E-state index is -0.529. The molecule has 2 N–H and O–H groups in total. The summed E-state index contributed by atoms with van der Waals surface area (Å²) in [7, 11) is 0. The number of ether oxygens (including phenoxy) is 2. The van der Waals surface area contributed by atoms with Gasteiger partial charge in [0.15, 0.2) is 23.0 Å². The zero-order valence-electron chi connectivity index (χ0n) is 16.7. The number of hydrogen-bond donors (Lipinski definition) is 2. The summed E-state index contributed by atoms with van der Waals surface area (Å²) in [4.78, 5) is 25.1. The van der Waals surface area contributed by atoms with Crippen molar-refractivity contribution in [3.63, 3.8) is 0 Å². The third-order valence-electron chi connectivity index (χ3n) is 4.67. The molecule has 0 spiro atoms. The lowest BCUT2D eigenvalue weighted by molar-refractivity contribution is 0.0879. The largest absolute Gasteiger partial charge is 0.486 e. The summed E-state index contributed by atoms with van der Waals surface area (Å²) in [5, 5.41) is 5.71. The Kier molecular flexibility index (Phi) is 5.47. The highest BCUT2D eigenvalue weighted by Crippen LogP contribution is 2.32. The summed E-state index contributed by atoms with van der Waals surface area (Å²) < 4.78 is 22.0. The fraction of sp³-hybridized carbons (Fsp3) is 0.273. The Morgan fingerprint density at radius 3 is 2.13 bits per heavy atom. The van der Waals surface area contributed by atoms with E-state index in [1.54, 1.807) is 50.2 Å². The molecule has 1 aliphatic rings. The Hall–Kier alpha value is -3.68. The molecule has 30 heavy (non-hydrogen) atoms. The van der Waals surface area contributed by atoms with Gasteiger partial charge in [0.1, 0.15) is 24.7 Å². The predicted molar refractivity (Wildman–Crippen MR) is 107 cm³/mol. The van der Waals surface area contributed by atoms with Gasteiger partial charge < -0.3 is 28.9 Å². The van der Waals surface area contributed by atoms with Crippen molar-refractivity contribution < 1.29 is 27.9 Å². The third-order valence-corrected chi connectivity index (χ3v) is 4.67. The van der Waals surface area contributed by atoms with Gasteiger partial charge in [-0.1, -0.05) is 6.07 Å². The van der Waals surface area contributed by atoms with Crippen molar-refractivity contribution in [1.82, 2.24) is 10.6 Å². The van der Waals surface area contributed by atoms with Gasteiger partial charge in [-0.05, 0) is 55.8 Å². The Morgan fingerprint density at radius 2 is 1.50 bits per heavy atom. The first-order valence-electron chi connectivity index (χ1n) is 9.61. The monoisotopic (exact) mass is 410 g/mol. The number of furan rings is 2. The zero-order chi connectivity index (χ0) is 21.1. The van der Waals surface area contributed by atoms with E-state index in [0.29, 0.717) is 36.2 Å². The van der Waals surface area contributed by atoms with Crippen molar-refractivity contribution >= 4 is 11.8 Å². The van der Waals surface area contributed by atoms with Crippen LogP contribution < -0.4 is 20.1 Å². The van der Waals surface area contributed by atoms with Crippen molar-refractivity contribution in [2.75, 3.05) is 19.8 Å². The van der Waals surface area contributed by atoms with Crippen molar-refractivity contribution in [2.45, 2.75) is 19.9 Å². The van der Waals surface area contributed by atoms with Gasteiger partial charge in [0, 0.05) is 6.54 Å². The molecular weight excluding hydrogens is 388 g/mol. The maximum Gasteiger partial charge on any atom is 0.287 e. The van der Waals surface area contributed by atoms with Gasteiger partial charge in [-0.3, -0.25) is 9.59 Å². The summed E-state index contributed by atoms with van der Waals surface area (Å²) in [5.74, 6) is 2.18. The quantitative estimate of drug-likeness (QED) is 0.647. The lowest BCUT2D eigenvalue weighted by atomic mass is 10.1. The van der Waals surface area contributed by atoms with E-state index < -0.39 is 6.04 Å². The van der Waals surface area contributed by atoms with Crippen molar-refractivity contribution in [1.29, 1.82) is 0 Å². The number of amides is 2. The average Bonchev–Trinajstić information content (AvgIpc) is 3.38. The molecular formula is C22H22N2O6. The fourth-order valence-corrected chi connectivity index (χ4v) is 3.15. The highest BCUT2D eigenvalue weighted by atomic mass is 16.6. The normalized spacial score (nSPS) is 13.5. The molecule has 2 aromatic heterocycles. The van der Waals surface area contributed by atoms with E-state index in [1.807, 2.05) is 6.07 Å². The number of fused-ring (bicyclic) bond motifs is 1. The standard InChI is InChI=1S/C22H22N2O6/c1-13-3-6-18(29-13)21(25)23-12-16(24-22(26)19-7-4-14(2)30-19)15-5-8-17-20(11-15)28-10-9-27-17/h3-8,11,16H,9-10,12H2,1-2H3,(H,23,25)(H,24,26)/t16-/m1/s1. The van der Waals surface area contributed by atoms with Crippen LogP contribution in [-0.4, -0.2) is 31.6 Å². The molecule has 156 valence electrons. The number of carbonyl (C=O) groups is 2. The Labute approximate surface area is 173 Å². The van der Waals surface area contributed by atoms with Crippen LogP contribution in [0.1, 0.15) is 44.2 Å². The summed E-state index contributed by atoms with van der Waals surface area (Å²) in [6, 6.07) is 11.5. The second-order valence-electron chi connectivity index (χ2n) is 6.96. The highest BCUT2D eigenvalue weighted by Gasteiger charge is 2.22. The lowest BCUT2D eigenvalue weighted by Gasteiger charge is -2.23. The number of carbonyl (C=O) groups excluding carboxylic acids is 2. The van der Waals surface area contributed by atoms with Gasteiger partial charge in [0.2, 0.25) is 0 Å². The van der Waals surface area contributed by atoms with E-state index in [-0.39, 0.29) is 29.9 Å². The summed E-state index contributed by atoms with van der Waals surface area (Å²) >= 11 is 0. The minimum Gasteiger partial charge on any atom is -0.486 e. The fourth-order valence-electron chi connectivity index (χ4n) is 3.15. The van der Waals surface area contributed by atoms with Gasteiger partial charge in [-0.15, -0.1) is 0 Å². The maximum atomic E-state index is 12.7. The molecule has 0 aliphatic carbocycles. The van der Waals surface area contributed by atoms with E-state index in [1.165, 1.54) is 0 Å². The Balaban J connectivity index is 1.54. The molecule has 3 heterocycles. The molecule has 0 saturated carbocycles. The van der Waals surface area contributed by atoms with Crippen molar-refractivity contribution in [3.8, 4) is 11.5 Å². The SMILES string of the molecule is Cc1ccc(C(=O)NC[C@@H](NC(=O)c2ccc(C)o2)c2ccc3c(c2)OCCO3)o1. The van der Waals surface area contributed by atoms with Gasteiger partial charge in [-0.2, -0.15) is 0 Å². The van der Waals surface area contributed by atoms with Gasteiger partial charge >= 0.3 is 0 Å². The zero-order valence-corrected chi connectivity index (χ0v) is 16.7. The predicted octanol–water partition coefficient (Wildman–Crippen LogP) is 3.16. The van der Waals surface area contributed by atoms with Crippen molar-refractivity contribution in [2.24, 2.45) is 0 Å². The van der Waals surface area contributed by atoms with Crippen LogP contribution in [0.5, 0.6) is 11.5 Å². The summed E-state index contributed by atoms with van der Waals surface area (Å²) in [6.07, 6.45) is 0. The molecule has 0 unspecified atom stereocenters. The topological polar surface area (TPSA) is 103 Å². The third kappa shape index (κ3) is 4.32. The van der Waals surface area contributed by atoms with E-state index in [2.05, 4.69) is 10.6 Å². The molecule has 4 rings (SSSR count). The molecule has 1 aliphatic heterocycles. The molecule has 0 radical (unpaired) electrons. The number of benzene rings is 1. The molecule has 8 heteroatoms. The van der Waals surface area contributed by atoms with Crippen LogP contribution in [0.2, 0.25) is 0 Å². The van der Waals surface area contributed by atoms with Crippen LogP contribution in [0.15, 0.2) is 51.3 Å². The summed E-state index contributed by atoms with van der Waals surface area (Å²) in [6.45, 7) is 4.61. The molecule has 0 fully saturated rings. The molecule has 3 aromatic rings. The first-order valence-corrected chi connectivity index (χ1v) is 9.61. The average molecular weight is 410 g/mol. The number of nitrogens with one attached hydrogen (secondary N) is 2. The van der Waals surface area contributed by atoms with E-state index in [9.17, 15) is 9.59 Å².